The zero-order chi connectivity index (χ0) is 24.6. The molecule has 0 bridgehead atoms. The number of imidazole rings is 1. The molecule has 0 saturated heterocycles. The van der Waals surface area contributed by atoms with E-state index in [9.17, 15) is 9.50 Å². The summed E-state index contributed by atoms with van der Waals surface area (Å²) < 4.78 is 22.8. The van der Waals surface area contributed by atoms with Crippen LogP contribution in [0.4, 0.5) is 4.39 Å². The lowest BCUT2D eigenvalue weighted by Crippen LogP contribution is -2.50. The van der Waals surface area contributed by atoms with Crippen LogP contribution < -0.4 is 4.74 Å². The van der Waals surface area contributed by atoms with E-state index in [0.717, 1.165) is 31.2 Å². The lowest BCUT2D eigenvalue weighted by Gasteiger charge is -2.56. The number of nitrogens with zero attached hydrogens (tertiary/aromatic N) is 5. The number of H-pyrrole nitrogens is 1. The number of aromatic amines is 1. The normalized spacial score (nSPS) is 23.2. The van der Waals surface area contributed by atoms with Gasteiger partial charge in [0.15, 0.2) is 11.6 Å². The minimum Gasteiger partial charge on any atom is -0.453 e. The van der Waals surface area contributed by atoms with Crippen molar-refractivity contribution < 1.29 is 14.2 Å². The van der Waals surface area contributed by atoms with E-state index in [4.69, 9.17) is 21.3 Å². The van der Waals surface area contributed by atoms with Gasteiger partial charge in [-0.15, -0.1) is 0 Å². The number of aliphatic hydroxyl groups excluding tert-OH is 1. The highest BCUT2D eigenvalue weighted by Crippen LogP contribution is 2.60. The molecular formula is C26H22ClFN6O2. The second-order valence-corrected chi connectivity index (χ2v) is 10.4. The Morgan fingerprint density at radius 2 is 1.89 bits per heavy atom. The van der Waals surface area contributed by atoms with Crippen molar-refractivity contribution in [2.75, 3.05) is 0 Å². The van der Waals surface area contributed by atoms with Crippen LogP contribution in [0.25, 0.3) is 33.3 Å². The van der Waals surface area contributed by atoms with Gasteiger partial charge in [-0.05, 0) is 62.3 Å². The van der Waals surface area contributed by atoms with Gasteiger partial charge in [-0.25, -0.2) is 14.4 Å². The van der Waals surface area contributed by atoms with Crippen LogP contribution in [0.2, 0.25) is 5.02 Å². The SMILES string of the molecule is Cc1nc2c(F)c(Oc3ccc4ncc(-c5cnn(C6CC7(CC(O)C7)C6)c5)nc4c3Cl)ccc2[nH]1. The predicted octanol–water partition coefficient (Wildman–Crippen LogP) is 5.74. The van der Waals surface area contributed by atoms with Gasteiger partial charge in [0, 0.05) is 11.8 Å². The first-order valence-electron chi connectivity index (χ1n) is 11.9. The quantitative estimate of drug-likeness (QED) is 0.323. The van der Waals surface area contributed by atoms with Crippen LogP contribution in [0, 0.1) is 18.2 Å². The van der Waals surface area contributed by atoms with Crippen molar-refractivity contribution in [1.82, 2.24) is 29.7 Å². The third-order valence-corrected chi connectivity index (χ3v) is 7.82. The number of hydrogen-bond donors (Lipinski definition) is 2. The van der Waals surface area contributed by atoms with Crippen LogP contribution in [-0.4, -0.2) is 40.9 Å². The van der Waals surface area contributed by atoms with E-state index in [1.54, 1.807) is 43.6 Å². The molecule has 0 radical (unpaired) electrons. The van der Waals surface area contributed by atoms with Gasteiger partial charge in [-0.2, -0.15) is 5.10 Å². The molecule has 182 valence electrons. The highest BCUT2D eigenvalue weighted by atomic mass is 35.5. The number of aromatic nitrogens is 6. The number of nitrogens with one attached hydrogen (secondary N) is 1. The largest absolute Gasteiger partial charge is 0.453 e. The number of ether oxygens (including phenoxy) is 1. The maximum Gasteiger partial charge on any atom is 0.193 e. The van der Waals surface area contributed by atoms with Gasteiger partial charge in [0.25, 0.3) is 0 Å². The molecule has 0 aliphatic heterocycles. The summed E-state index contributed by atoms with van der Waals surface area (Å²) in [5.74, 6) is 0.362. The Hall–Kier alpha value is -3.56. The standard InChI is InChI=1S/C26H22ClFN6O2/c1-13-31-18-3-5-21(23(28)25(18)32-13)36-20-4-2-17-24(22(20)27)33-19(11-29-17)14-10-30-34(12-14)15-6-26(7-15)8-16(35)9-26/h2-5,10-12,15-16,35H,6-9H2,1H3,(H,31,32). The van der Waals surface area contributed by atoms with Crippen LogP contribution >= 0.6 is 11.6 Å². The molecular weight excluding hydrogens is 483 g/mol. The smallest absolute Gasteiger partial charge is 0.193 e. The average molecular weight is 505 g/mol. The van der Waals surface area contributed by atoms with E-state index in [1.807, 2.05) is 10.9 Å². The second kappa shape index (κ2) is 7.72. The zero-order valence-electron chi connectivity index (χ0n) is 19.4. The molecule has 0 unspecified atom stereocenters. The van der Waals surface area contributed by atoms with E-state index < -0.39 is 5.82 Å². The van der Waals surface area contributed by atoms with Crippen molar-refractivity contribution in [2.45, 2.75) is 44.8 Å². The van der Waals surface area contributed by atoms with Crippen molar-refractivity contribution in [3.05, 3.63) is 59.5 Å². The highest BCUT2D eigenvalue weighted by Gasteiger charge is 2.53. The molecule has 3 aromatic heterocycles. The molecule has 0 atom stereocenters. The van der Waals surface area contributed by atoms with Gasteiger partial charge < -0.3 is 14.8 Å². The Kier molecular flexibility index (Phi) is 4.65. The summed E-state index contributed by atoms with van der Waals surface area (Å²) in [4.78, 5) is 16.4. The van der Waals surface area contributed by atoms with Crippen molar-refractivity contribution in [2.24, 2.45) is 5.41 Å². The Bertz CT molecular complexity index is 1650. The van der Waals surface area contributed by atoms with Crippen LogP contribution in [-0.2, 0) is 0 Å². The molecule has 2 aliphatic carbocycles. The molecule has 2 aliphatic rings. The summed E-state index contributed by atoms with van der Waals surface area (Å²) >= 11 is 6.67. The Balaban J connectivity index is 1.17. The molecule has 2 fully saturated rings. The van der Waals surface area contributed by atoms with Gasteiger partial charge >= 0.3 is 0 Å². The molecule has 2 N–H and O–H groups in total. The predicted molar refractivity (Wildman–Crippen MR) is 133 cm³/mol. The molecule has 8 nitrogen and oxygen atoms in total. The first kappa shape index (κ1) is 21.7. The minimum absolute atomic E-state index is 0.0258. The number of aliphatic hydroxyl groups is 1. The Morgan fingerprint density at radius 3 is 2.69 bits per heavy atom. The maximum absolute atomic E-state index is 15.0. The van der Waals surface area contributed by atoms with Crippen molar-refractivity contribution in [3.8, 4) is 22.8 Å². The van der Waals surface area contributed by atoms with E-state index in [-0.39, 0.29) is 28.1 Å². The average Bonchev–Trinajstić information content (AvgIpc) is 3.45. The molecule has 1 spiro atoms. The molecule has 2 aromatic carbocycles. The number of hydrogen-bond acceptors (Lipinski definition) is 6. The summed E-state index contributed by atoms with van der Waals surface area (Å²) in [6.07, 6.45) is 9.20. The van der Waals surface area contributed by atoms with E-state index in [2.05, 4.69) is 20.1 Å². The number of benzene rings is 2. The van der Waals surface area contributed by atoms with Gasteiger partial charge in [-0.3, -0.25) is 9.67 Å². The van der Waals surface area contributed by atoms with Crippen LogP contribution in [0.3, 0.4) is 0 Å². The van der Waals surface area contributed by atoms with Crippen LogP contribution in [0.5, 0.6) is 11.5 Å². The molecule has 2 saturated carbocycles. The molecule has 3 heterocycles. The van der Waals surface area contributed by atoms with Gasteiger partial charge in [0.05, 0.1) is 41.3 Å². The number of halogens is 2. The number of fused-ring (bicyclic) bond motifs is 2. The fraction of sp³-hybridized carbons (Fsp3) is 0.308. The summed E-state index contributed by atoms with van der Waals surface area (Å²) in [7, 11) is 0. The molecule has 0 amide bonds. The zero-order valence-corrected chi connectivity index (χ0v) is 20.1. The van der Waals surface area contributed by atoms with E-state index in [0.29, 0.717) is 39.5 Å². The Labute approximate surface area is 210 Å². The number of aryl methyl sites for hydroxylation is 1. The summed E-state index contributed by atoms with van der Waals surface area (Å²) in [6.45, 7) is 1.77. The first-order chi connectivity index (χ1) is 17.4. The van der Waals surface area contributed by atoms with Crippen LogP contribution in [0.1, 0.15) is 37.5 Å². The maximum atomic E-state index is 15.0. The highest BCUT2D eigenvalue weighted by molar-refractivity contribution is 6.36. The second-order valence-electron chi connectivity index (χ2n) is 10.0. The third kappa shape index (κ3) is 3.37. The topological polar surface area (TPSA) is 102 Å². The summed E-state index contributed by atoms with van der Waals surface area (Å²) in [5, 5.41) is 14.4. The van der Waals surface area contributed by atoms with E-state index in [1.165, 1.54) is 0 Å². The van der Waals surface area contributed by atoms with Gasteiger partial charge in [0.2, 0.25) is 0 Å². The molecule has 10 heteroatoms. The third-order valence-electron chi connectivity index (χ3n) is 7.46. The van der Waals surface area contributed by atoms with Crippen molar-refractivity contribution >= 4 is 33.7 Å². The number of rotatable bonds is 4. The molecule has 5 aromatic rings. The summed E-state index contributed by atoms with van der Waals surface area (Å²) in [6, 6.07) is 7.00. The monoisotopic (exact) mass is 504 g/mol. The molecule has 36 heavy (non-hydrogen) atoms. The van der Waals surface area contributed by atoms with Crippen molar-refractivity contribution in [3.63, 3.8) is 0 Å². The summed E-state index contributed by atoms with van der Waals surface area (Å²) in [5.41, 5.74) is 3.66. The fourth-order valence-corrected chi connectivity index (χ4v) is 5.90. The molecule has 7 rings (SSSR count). The van der Waals surface area contributed by atoms with Gasteiger partial charge in [0.1, 0.15) is 27.6 Å². The minimum atomic E-state index is -0.561. The first-order valence-corrected chi connectivity index (χ1v) is 12.3. The Morgan fingerprint density at radius 1 is 1.08 bits per heavy atom. The lowest BCUT2D eigenvalue weighted by atomic mass is 9.53. The van der Waals surface area contributed by atoms with Gasteiger partial charge in [-0.1, -0.05) is 11.6 Å². The van der Waals surface area contributed by atoms with E-state index >= 15 is 0 Å². The fourth-order valence-electron chi connectivity index (χ4n) is 5.66. The van der Waals surface area contributed by atoms with Crippen molar-refractivity contribution in [1.29, 1.82) is 0 Å². The van der Waals surface area contributed by atoms with Crippen LogP contribution in [0.15, 0.2) is 42.9 Å². The lowest BCUT2D eigenvalue weighted by molar-refractivity contribution is -0.108.